The summed E-state index contributed by atoms with van der Waals surface area (Å²) in [5.74, 6) is 3.07. The third-order valence-electron chi connectivity index (χ3n) is 6.46. The van der Waals surface area contributed by atoms with Crippen molar-refractivity contribution in [2.24, 2.45) is 5.92 Å². The van der Waals surface area contributed by atoms with E-state index in [-0.39, 0.29) is 5.92 Å². The topological polar surface area (TPSA) is 70.4 Å². The van der Waals surface area contributed by atoms with Crippen LogP contribution in [-0.2, 0) is 4.79 Å². The maximum absolute atomic E-state index is 13.0. The van der Waals surface area contributed by atoms with Crippen molar-refractivity contribution in [1.82, 2.24) is 29.3 Å². The van der Waals surface area contributed by atoms with E-state index in [1.807, 2.05) is 35.7 Å². The Bertz CT molecular complexity index is 835. The molecule has 2 fully saturated rings. The highest BCUT2D eigenvalue weighted by Gasteiger charge is 2.31. The summed E-state index contributed by atoms with van der Waals surface area (Å²) in [6.07, 6.45) is 9.19. The van der Waals surface area contributed by atoms with E-state index in [9.17, 15) is 4.79 Å². The predicted octanol–water partition coefficient (Wildman–Crippen LogP) is 1.74. The van der Waals surface area contributed by atoms with Crippen molar-refractivity contribution in [1.29, 1.82) is 0 Å². The van der Waals surface area contributed by atoms with Crippen molar-refractivity contribution in [2.45, 2.75) is 38.6 Å². The fraction of sp³-hybridized carbons (Fsp3) is 0.619. The Labute approximate surface area is 172 Å². The van der Waals surface area contributed by atoms with Gasteiger partial charge in [0, 0.05) is 50.6 Å². The summed E-state index contributed by atoms with van der Waals surface area (Å²) in [4.78, 5) is 32.8. The average molecular weight is 398 g/mol. The number of carbonyl (C=O) groups excluding carboxylic acids is 1. The Morgan fingerprint density at radius 3 is 2.38 bits per heavy atom. The molecule has 4 heterocycles. The summed E-state index contributed by atoms with van der Waals surface area (Å²) >= 11 is 0. The van der Waals surface area contributed by atoms with Crippen LogP contribution in [0.1, 0.15) is 31.5 Å². The number of imidazole rings is 1. The maximum Gasteiger partial charge on any atom is 0.225 e. The van der Waals surface area contributed by atoms with Gasteiger partial charge in [0.1, 0.15) is 23.8 Å². The van der Waals surface area contributed by atoms with Gasteiger partial charge in [0.2, 0.25) is 5.91 Å². The molecule has 1 amide bonds. The van der Waals surface area contributed by atoms with E-state index in [4.69, 9.17) is 0 Å². The first-order valence-corrected chi connectivity index (χ1v) is 10.6. The van der Waals surface area contributed by atoms with E-state index in [0.717, 1.165) is 69.3 Å². The molecule has 0 unspecified atom stereocenters. The number of aromatic nitrogens is 4. The third-order valence-corrected chi connectivity index (χ3v) is 6.46. The van der Waals surface area contributed by atoms with Crippen molar-refractivity contribution in [3.63, 3.8) is 0 Å². The summed E-state index contributed by atoms with van der Waals surface area (Å²) in [6, 6.07) is 2.39. The van der Waals surface area contributed by atoms with Gasteiger partial charge < -0.3 is 14.7 Å². The highest BCUT2D eigenvalue weighted by atomic mass is 16.2. The SMILES string of the molecule is Cc1nccn1-c1cc(N2CCC(C(=O)N(C)C3CCN(C)CC3)CC2)ncn1. The van der Waals surface area contributed by atoms with Crippen LogP contribution < -0.4 is 4.90 Å². The number of carbonyl (C=O) groups is 1. The van der Waals surface area contributed by atoms with Gasteiger partial charge in [0.15, 0.2) is 0 Å². The molecule has 0 atom stereocenters. The second-order valence-electron chi connectivity index (χ2n) is 8.32. The summed E-state index contributed by atoms with van der Waals surface area (Å²) in [5, 5.41) is 0. The molecule has 2 aromatic rings. The van der Waals surface area contributed by atoms with Crippen LogP contribution in [0.25, 0.3) is 5.82 Å². The molecule has 0 radical (unpaired) electrons. The molecule has 29 heavy (non-hydrogen) atoms. The minimum Gasteiger partial charge on any atom is -0.356 e. The monoisotopic (exact) mass is 397 g/mol. The Hall–Kier alpha value is -2.48. The molecular formula is C21H31N7O. The molecular weight excluding hydrogens is 366 g/mol. The van der Waals surface area contributed by atoms with Crippen LogP contribution >= 0.6 is 0 Å². The Kier molecular flexibility index (Phi) is 5.80. The average Bonchev–Trinajstić information content (AvgIpc) is 3.19. The summed E-state index contributed by atoms with van der Waals surface area (Å²) < 4.78 is 1.96. The molecule has 2 aliphatic rings. The Morgan fingerprint density at radius 1 is 1.03 bits per heavy atom. The highest BCUT2D eigenvalue weighted by molar-refractivity contribution is 5.79. The number of amides is 1. The first kappa shape index (κ1) is 19.8. The van der Waals surface area contributed by atoms with Gasteiger partial charge in [-0.25, -0.2) is 15.0 Å². The standard InChI is InChI=1S/C21H31N7O/c1-16-22-8-13-28(16)20-14-19(23-15-24-20)27-11-4-17(5-12-27)21(29)26(3)18-6-9-25(2)10-7-18/h8,13-15,17-18H,4-7,9-12H2,1-3H3. The quantitative estimate of drug-likeness (QED) is 0.783. The number of rotatable bonds is 4. The molecule has 0 bridgehead atoms. The number of hydrogen-bond acceptors (Lipinski definition) is 6. The zero-order chi connectivity index (χ0) is 20.4. The van der Waals surface area contributed by atoms with Crippen LogP contribution in [0.4, 0.5) is 5.82 Å². The largest absolute Gasteiger partial charge is 0.356 e. The first-order valence-electron chi connectivity index (χ1n) is 10.6. The molecule has 2 saturated heterocycles. The molecule has 0 spiro atoms. The van der Waals surface area contributed by atoms with Crippen molar-refractivity contribution in [3.05, 3.63) is 30.6 Å². The van der Waals surface area contributed by atoms with Gasteiger partial charge in [-0.1, -0.05) is 0 Å². The lowest BCUT2D eigenvalue weighted by molar-refractivity contribution is -0.137. The fourth-order valence-electron chi connectivity index (χ4n) is 4.47. The predicted molar refractivity (Wildman–Crippen MR) is 112 cm³/mol. The van der Waals surface area contributed by atoms with Crippen LogP contribution in [0, 0.1) is 12.8 Å². The van der Waals surface area contributed by atoms with E-state index in [1.165, 1.54) is 0 Å². The number of nitrogens with zero attached hydrogens (tertiary/aromatic N) is 7. The van der Waals surface area contributed by atoms with Gasteiger partial charge >= 0.3 is 0 Å². The normalized spacial score (nSPS) is 19.5. The van der Waals surface area contributed by atoms with Crippen LogP contribution in [0.3, 0.4) is 0 Å². The lowest BCUT2D eigenvalue weighted by Gasteiger charge is -2.39. The summed E-state index contributed by atoms with van der Waals surface area (Å²) in [7, 11) is 4.15. The first-order chi connectivity index (χ1) is 14.0. The van der Waals surface area contributed by atoms with E-state index in [2.05, 4.69) is 31.8 Å². The molecule has 0 aromatic carbocycles. The molecule has 4 rings (SSSR count). The molecule has 2 aliphatic heterocycles. The van der Waals surface area contributed by atoms with Gasteiger partial charge in [-0.2, -0.15) is 0 Å². The number of likely N-dealkylation sites (tertiary alicyclic amines) is 1. The second kappa shape index (κ2) is 8.49. The van der Waals surface area contributed by atoms with Crippen molar-refractivity contribution < 1.29 is 4.79 Å². The lowest BCUT2D eigenvalue weighted by Crippen LogP contribution is -2.48. The van der Waals surface area contributed by atoms with Gasteiger partial charge in [-0.05, 0) is 52.7 Å². The Balaban J connectivity index is 1.36. The van der Waals surface area contributed by atoms with Gasteiger partial charge in [0.25, 0.3) is 0 Å². The maximum atomic E-state index is 13.0. The number of anilines is 1. The zero-order valence-electron chi connectivity index (χ0n) is 17.7. The van der Waals surface area contributed by atoms with Crippen molar-refractivity contribution in [3.8, 4) is 5.82 Å². The van der Waals surface area contributed by atoms with E-state index >= 15 is 0 Å². The van der Waals surface area contributed by atoms with Gasteiger partial charge in [-0.3, -0.25) is 9.36 Å². The molecule has 2 aromatic heterocycles. The molecule has 0 saturated carbocycles. The molecule has 156 valence electrons. The number of piperidine rings is 2. The number of hydrogen-bond donors (Lipinski definition) is 0. The smallest absolute Gasteiger partial charge is 0.225 e. The Morgan fingerprint density at radius 2 is 1.72 bits per heavy atom. The van der Waals surface area contributed by atoms with Crippen molar-refractivity contribution >= 4 is 11.7 Å². The number of aryl methyl sites for hydroxylation is 1. The molecule has 0 aliphatic carbocycles. The van der Waals surface area contributed by atoms with Gasteiger partial charge in [-0.15, -0.1) is 0 Å². The van der Waals surface area contributed by atoms with E-state index in [1.54, 1.807) is 12.5 Å². The molecule has 8 nitrogen and oxygen atoms in total. The van der Waals surface area contributed by atoms with E-state index in [0.29, 0.717) is 11.9 Å². The minimum absolute atomic E-state index is 0.119. The van der Waals surface area contributed by atoms with Crippen molar-refractivity contribution in [2.75, 3.05) is 45.2 Å². The van der Waals surface area contributed by atoms with Crippen LogP contribution in [0.2, 0.25) is 0 Å². The lowest BCUT2D eigenvalue weighted by atomic mass is 9.93. The van der Waals surface area contributed by atoms with Crippen LogP contribution in [0.5, 0.6) is 0 Å². The fourth-order valence-corrected chi connectivity index (χ4v) is 4.47. The van der Waals surface area contributed by atoms with Gasteiger partial charge in [0.05, 0.1) is 0 Å². The summed E-state index contributed by atoms with van der Waals surface area (Å²) in [5.41, 5.74) is 0. The second-order valence-corrected chi connectivity index (χ2v) is 8.32. The zero-order valence-corrected chi connectivity index (χ0v) is 17.7. The van der Waals surface area contributed by atoms with Crippen LogP contribution in [0.15, 0.2) is 24.8 Å². The molecule has 8 heteroatoms. The summed E-state index contributed by atoms with van der Waals surface area (Å²) in [6.45, 7) is 5.80. The van der Waals surface area contributed by atoms with E-state index < -0.39 is 0 Å². The molecule has 0 N–H and O–H groups in total. The minimum atomic E-state index is 0.119. The third kappa shape index (κ3) is 4.27. The van der Waals surface area contributed by atoms with Crippen LogP contribution in [-0.4, -0.2) is 81.5 Å². The highest BCUT2D eigenvalue weighted by Crippen LogP contribution is 2.26.